The number of amides is 3. The van der Waals surface area contributed by atoms with Gasteiger partial charge in [-0.3, -0.25) is 4.79 Å². The standard InChI is InChI=1S/C21H28ClN3O4/c22-17-11-15(12-18-19(17)29-10-4-9-28-18)13-23-20(26)16-5-3-8-25(14-16)21(27)24-6-1-2-7-24/h11-12,16H,1-10,13-14H2,(H,23,26)/t16-/m1/s1. The lowest BCUT2D eigenvalue weighted by atomic mass is 9.97. The zero-order valence-electron chi connectivity index (χ0n) is 16.6. The first kappa shape index (κ1) is 20.1. The molecule has 0 spiro atoms. The van der Waals surface area contributed by atoms with Gasteiger partial charge in [0.2, 0.25) is 5.91 Å². The highest BCUT2D eigenvalue weighted by Gasteiger charge is 2.31. The van der Waals surface area contributed by atoms with Crippen molar-refractivity contribution in [3.05, 3.63) is 22.7 Å². The Bertz CT molecular complexity index is 767. The fourth-order valence-electron chi connectivity index (χ4n) is 4.19. The average Bonchev–Trinajstić information content (AvgIpc) is 3.17. The molecule has 3 heterocycles. The maximum atomic E-state index is 12.7. The SMILES string of the molecule is O=C(NCc1cc(Cl)c2c(c1)OCCCO2)[C@@H]1CCCN(C(=O)N2CCCC2)C1. The number of ether oxygens (including phenoxy) is 2. The van der Waals surface area contributed by atoms with E-state index in [1.54, 1.807) is 6.07 Å². The zero-order chi connectivity index (χ0) is 20.2. The number of nitrogens with one attached hydrogen (secondary N) is 1. The van der Waals surface area contributed by atoms with Gasteiger partial charge in [-0.25, -0.2) is 4.79 Å². The van der Waals surface area contributed by atoms with Crippen LogP contribution in [-0.4, -0.2) is 61.1 Å². The molecule has 0 unspecified atom stereocenters. The molecule has 7 nitrogen and oxygen atoms in total. The molecule has 0 saturated carbocycles. The van der Waals surface area contributed by atoms with Crippen LogP contribution >= 0.6 is 11.6 Å². The molecule has 1 atom stereocenters. The lowest BCUT2D eigenvalue weighted by Crippen LogP contribution is -2.49. The molecule has 0 radical (unpaired) electrons. The third kappa shape index (κ3) is 4.71. The van der Waals surface area contributed by atoms with Crippen molar-refractivity contribution in [2.24, 2.45) is 5.92 Å². The van der Waals surface area contributed by atoms with Gasteiger partial charge < -0.3 is 24.6 Å². The summed E-state index contributed by atoms with van der Waals surface area (Å²) >= 11 is 6.33. The molecule has 3 aliphatic rings. The number of hydrogen-bond donors (Lipinski definition) is 1. The quantitative estimate of drug-likeness (QED) is 0.814. The van der Waals surface area contributed by atoms with E-state index in [1.807, 2.05) is 15.9 Å². The third-order valence-corrected chi connectivity index (χ3v) is 6.05. The number of nitrogens with zero attached hydrogens (tertiary/aromatic N) is 2. The summed E-state index contributed by atoms with van der Waals surface area (Å²) in [7, 11) is 0. The van der Waals surface area contributed by atoms with E-state index in [0.29, 0.717) is 42.8 Å². The van der Waals surface area contributed by atoms with Crippen molar-refractivity contribution in [2.45, 2.75) is 38.6 Å². The molecule has 158 valence electrons. The van der Waals surface area contributed by atoms with E-state index in [4.69, 9.17) is 21.1 Å². The topological polar surface area (TPSA) is 71.1 Å². The molecule has 2 fully saturated rings. The van der Waals surface area contributed by atoms with Crippen molar-refractivity contribution in [2.75, 3.05) is 39.4 Å². The van der Waals surface area contributed by atoms with Crippen LogP contribution in [0.25, 0.3) is 0 Å². The Morgan fingerprint density at radius 2 is 1.79 bits per heavy atom. The molecule has 0 bridgehead atoms. The second-order valence-electron chi connectivity index (χ2n) is 7.94. The predicted octanol–water partition coefficient (Wildman–Crippen LogP) is 3.05. The van der Waals surface area contributed by atoms with Crippen LogP contribution in [0, 0.1) is 5.92 Å². The Labute approximate surface area is 176 Å². The number of benzene rings is 1. The van der Waals surface area contributed by atoms with Crippen LogP contribution in [-0.2, 0) is 11.3 Å². The summed E-state index contributed by atoms with van der Waals surface area (Å²) in [6.07, 6.45) is 4.61. The highest BCUT2D eigenvalue weighted by atomic mass is 35.5. The number of piperidine rings is 1. The molecule has 2 saturated heterocycles. The predicted molar refractivity (Wildman–Crippen MR) is 109 cm³/mol. The van der Waals surface area contributed by atoms with Gasteiger partial charge in [-0.05, 0) is 43.4 Å². The number of carbonyl (C=O) groups is 2. The van der Waals surface area contributed by atoms with Crippen molar-refractivity contribution in [3.8, 4) is 11.5 Å². The minimum absolute atomic E-state index is 0.0212. The van der Waals surface area contributed by atoms with Crippen molar-refractivity contribution in [1.82, 2.24) is 15.1 Å². The minimum Gasteiger partial charge on any atom is -0.489 e. The molecule has 29 heavy (non-hydrogen) atoms. The number of fused-ring (bicyclic) bond motifs is 1. The molecule has 8 heteroatoms. The number of carbonyl (C=O) groups excluding carboxylic acids is 2. The highest BCUT2D eigenvalue weighted by molar-refractivity contribution is 6.32. The van der Waals surface area contributed by atoms with Gasteiger partial charge in [0.15, 0.2) is 11.5 Å². The maximum Gasteiger partial charge on any atom is 0.320 e. The van der Waals surface area contributed by atoms with Crippen LogP contribution in [0.5, 0.6) is 11.5 Å². The average molecular weight is 422 g/mol. The van der Waals surface area contributed by atoms with Gasteiger partial charge in [-0.1, -0.05) is 11.6 Å². The Kier molecular flexibility index (Phi) is 6.33. The van der Waals surface area contributed by atoms with E-state index in [1.165, 1.54) is 0 Å². The van der Waals surface area contributed by atoms with E-state index >= 15 is 0 Å². The first-order chi connectivity index (χ1) is 14.1. The van der Waals surface area contributed by atoms with Gasteiger partial charge in [0.05, 0.1) is 24.2 Å². The molecule has 3 aliphatic heterocycles. The number of rotatable bonds is 3. The van der Waals surface area contributed by atoms with Crippen LogP contribution in [0.3, 0.4) is 0 Å². The Morgan fingerprint density at radius 3 is 2.62 bits per heavy atom. The molecular formula is C21H28ClN3O4. The van der Waals surface area contributed by atoms with Crippen LogP contribution < -0.4 is 14.8 Å². The molecular weight excluding hydrogens is 394 g/mol. The molecule has 1 aromatic rings. The Balaban J connectivity index is 1.34. The maximum absolute atomic E-state index is 12.7. The van der Waals surface area contributed by atoms with E-state index in [2.05, 4.69) is 5.32 Å². The van der Waals surface area contributed by atoms with Crippen molar-refractivity contribution in [3.63, 3.8) is 0 Å². The lowest BCUT2D eigenvalue weighted by molar-refractivity contribution is -0.126. The summed E-state index contributed by atoms with van der Waals surface area (Å²) in [6.45, 7) is 4.42. The molecule has 1 N–H and O–H groups in total. The smallest absolute Gasteiger partial charge is 0.320 e. The van der Waals surface area contributed by atoms with E-state index < -0.39 is 0 Å². The fraction of sp³-hybridized carbons (Fsp3) is 0.619. The van der Waals surface area contributed by atoms with Crippen LogP contribution in [0.4, 0.5) is 4.79 Å². The van der Waals surface area contributed by atoms with Crippen LogP contribution in [0.2, 0.25) is 5.02 Å². The number of hydrogen-bond acceptors (Lipinski definition) is 4. The van der Waals surface area contributed by atoms with Crippen LogP contribution in [0.15, 0.2) is 12.1 Å². The first-order valence-electron chi connectivity index (χ1n) is 10.5. The van der Waals surface area contributed by atoms with Crippen LogP contribution in [0.1, 0.15) is 37.7 Å². The van der Waals surface area contributed by atoms with Gasteiger partial charge in [-0.15, -0.1) is 0 Å². The summed E-state index contributed by atoms with van der Waals surface area (Å²) in [5, 5.41) is 3.50. The molecule has 4 rings (SSSR count). The third-order valence-electron chi connectivity index (χ3n) is 5.77. The second kappa shape index (κ2) is 9.11. The lowest BCUT2D eigenvalue weighted by Gasteiger charge is -2.34. The van der Waals surface area contributed by atoms with Gasteiger partial charge in [-0.2, -0.15) is 0 Å². The molecule has 0 aliphatic carbocycles. The van der Waals surface area contributed by atoms with Gasteiger partial charge in [0.25, 0.3) is 0 Å². The Hall–Kier alpha value is -2.15. The highest BCUT2D eigenvalue weighted by Crippen LogP contribution is 2.38. The second-order valence-corrected chi connectivity index (χ2v) is 8.34. The number of urea groups is 1. The first-order valence-corrected chi connectivity index (χ1v) is 10.9. The summed E-state index contributed by atoms with van der Waals surface area (Å²) in [6, 6.07) is 3.76. The van der Waals surface area contributed by atoms with Crippen molar-refractivity contribution >= 4 is 23.5 Å². The van der Waals surface area contributed by atoms with E-state index in [9.17, 15) is 9.59 Å². The van der Waals surface area contributed by atoms with Crippen molar-refractivity contribution < 1.29 is 19.1 Å². The number of likely N-dealkylation sites (tertiary alicyclic amines) is 2. The van der Waals surface area contributed by atoms with Gasteiger partial charge in [0, 0.05) is 39.1 Å². The molecule has 0 aromatic heterocycles. The largest absolute Gasteiger partial charge is 0.489 e. The summed E-state index contributed by atoms with van der Waals surface area (Å²) in [4.78, 5) is 29.1. The summed E-state index contributed by atoms with van der Waals surface area (Å²) < 4.78 is 11.4. The van der Waals surface area contributed by atoms with Gasteiger partial charge >= 0.3 is 6.03 Å². The van der Waals surface area contributed by atoms with Crippen molar-refractivity contribution in [1.29, 1.82) is 0 Å². The monoisotopic (exact) mass is 421 g/mol. The van der Waals surface area contributed by atoms with E-state index in [-0.39, 0.29) is 17.9 Å². The fourth-order valence-corrected chi connectivity index (χ4v) is 4.48. The van der Waals surface area contributed by atoms with E-state index in [0.717, 1.165) is 57.3 Å². The summed E-state index contributed by atoms with van der Waals surface area (Å²) in [5.41, 5.74) is 0.869. The zero-order valence-corrected chi connectivity index (χ0v) is 17.4. The Morgan fingerprint density at radius 1 is 1.03 bits per heavy atom. The molecule has 3 amide bonds. The number of halogens is 1. The minimum atomic E-state index is -0.175. The van der Waals surface area contributed by atoms with Gasteiger partial charge in [0.1, 0.15) is 0 Å². The summed E-state index contributed by atoms with van der Waals surface area (Å²) in [5.74, 6) is 1.00. The normalized spacial score (nSPS) is 21.6. The molecule has 1 aromatic carbocycles.